The van der Waals surface area contributed by atoms with Crippen LogP contribution in [0.1, 0.15) is 24.2 Å². The molecule has 0 saturated carbocycles. The highest BCUT2D eigenvalue weighted by molar-refractivity contribution is 5.85. The Morgan fingerprint density at radius 3 is 2.60 bits per heavy atom. The summed E-state index contributed by atoms with van der Waals surface area (Å²) < 4.78 is 5.23. The van der Waals surface area contributed by atoms with E-state index in [4.69, 9.17) is 4.74 Å². The third-order valence-corrected chi connectivity index (χ3v) is 2.30. The summed E-state index contributed by atoms with van der Waals surface area (Å²) in [5.41, 5.74) is 0.373. The van der Waals surface area contributed by atoms with Crippen molar-refractivity contribution in [3.05, 3.63) is 29.8 Å². The average molecular weight is 278 g/mol. The maximum Gasteiger partial charge on any atom is 0.258 e. The van der Waals surface area contributed by atoms with Crippen molar-refractivity contribution in [1.82, 2.24) is 10.6 Å². The first-order chi connectivity index (χ1) is 9.52. The predicted molar refractivity (Wildman–Crippen MR) is 73.6 cm³/mol. The molecule has 0 spiro atoms. The van der Waals surface area contributed by atoms with Gasteiger partial charge in [-0.1, -0.05) is 12.1 Å². The molecule has 0 aromatic heterocycles. The normalized spacial score (nSPS) is 9.95. The SMILES string of the molecule is CC(C)NC(=O)CNC(=O)COc1ccccc1C=O. The molecule has 1 rings (SSSR count). The number of aldehydes is 1. The van der Waals surface area contributed by atoms with Crippen LogP contribution in [-0.2, 0) is 9.59 Å². The van der Waals surface area contributed by atoms with Crippen LogP contribution in [0, 0.1) is 0 Å². The van der Waals surface area contributed by atoms with Gasteiger partial charge in [0.25, 0.3) is 5.91 Å². The Labute approximate surface area is 117 Å². The van der Waals surface area contributed by atoms with Gasteiger partial charge in [0.1, 0.15) is 5.75 Å². The van der Waals surface area contributed by atoms with E-state index in [0.717, 1.165) is 0 Å². The van der Waals surface area contributed by atoms with Gasteiger partial charge < -0.3 is 15.4 Å². The minimum atomic E-state index is -0.426. The molecule has 0 saturated heterocycles. The van der Waals surface area contributed by atoms with Crippen molar-refractivity contribution in [2.45, 2.75) is 19.9 Å². The van der Waals surface area contributed by atoms with E-state index in [2.05, 4.69) is 10.6 Å². The second kappa shape index (κ2) is 7.93. The first-order valence-electron chi connectivity index (χ1n) is 6.26. The minimum Gasteiger partial charge on any atom is -0.483 e. The Morgan fingerprint density at radius 1 is 1.25 bits per heavy atom. The third kappa shape index (κ3) is 5.51. The lowest BCUT2D eigenvalue weighted by atomic mass is 10.2. The number of amides is 2. The van der Waals surface area contributed by atoms with Crippen LogP contribution in [-0.4, -0.2) is 37.3 Å². The molecule has 108 valence electrons. The topological polar surface area (TPSA) is 84.5 Å². The maximum absolute atomic E-state index is 11.5. The fourth-order valence-corrected chi connectivity index (χ4v) is 1.46. The molecule has 20 heavy (non-hydrogen) atoms. The van der Waals surface area contributed by atoms with Gasteiger partial charge in [-0.25, -0.2) is 0 Å². The zero-order valence-electron chi connectivity index (χ0n) is 11.5. The molecule has 0 aliphatic rings. The van der Waals surface area contributed by atoms with Crippen LogP contribution in [0.15, 0.2) is 24.3 Å². The maximum atomic E-state index is 11.5. The van der Waals surface area contributed by atoms with Crippen LogP contribution in [0.25, 0.3) is 0 Å². The Morgan fingerprint density at radius 2 is 1.95 bits per heavy atom. The molecule has 0 aliphatic heterocycles. The largest absolute Gasteiger partial charge is 0.483 e. The van der Waals surface area contributed by atoms with Gasteiger partial charge in [0.05, 0.1) is 12.1 Å². The summed E-state index contributed by atoms with van der Waals surface area (Å²) in [4.78, 5) is 33.6. The van der Waals surface area contributed by atoms with Crippen LogP contribution < -0.4 is 15.4 Å². The molecule has 0 aliphatic carbocycles. The van der Waals surface area contributed by atoms with Gasteiger partial charge in [0.15, 0.2) is 12.9 Å². The van der Waals surface area contributed by atoms with Crippen LogP contribution in [0.5, 0.6) is 5.75 Å². The summed E-state index contributed by atoms with van der Waals surface area (Å²) in [7, 11) is 0. The molecule has 0 radical (unpaired) electrons. The highest BCUT2D eigenvalue weighted by Gasteiger charge is 2.08. The molecule has 0 unspecified atom stereocenters. The summed E-state index contributed by atoms with van der Waals surface area (Å²) in [5.74, 6) is -0.351. The van der Waals surface area contributed by atoms with Crippen molar-refractivity contribution in [3.8, 4) is 5.75 Å². The standard InChI is InChI=1S/C14H18N2O4/c1-10(2)16-13(18)7-15-14(19)9-20-12-6-4-3-5-11(12)8-17/h3-6,8,10H,7,9H2,1-2H3,(H,15,19)(H,16,18). The number of para-hydroxylation sites is 1. The number of nitrogens with one attached hydrogen (secondary N) is 2. The second-order valence-corrected chi connectivity index (χ2v) is 4.44. The number of hydrogen-bond acceptors (Lipinski definition) is 4. The zero-order chi connectivity index (χ0) is 15.0. The summed E-state index contributed by atoms with van der Waals surface area (Å²) in [5, 5.41) is 5.08. The van der Waals surface area contributed by atoms with E-state index in [1.54, 1.807) is 24.3 Å². The van der Waals surface area contributed by atoms with Gasteiger partial charge in [-0.05, 0) is 26.0 Å². The molecule has 2 N–H and O–H groups in total. The van der Waals surface area contributed by atoms with Gasteiger partial charge >= 0.3 is 0 Å². The lowest BCUT2D eigenvalue weighted by molar-refractivity contribution is -0.127. The number of carbonyl (C=O) groups is 3. The summed E-state index contributed by atoms with van der Waals surface area (Å²) in [6, 6.07) is 6.62. The smallest absolute Gasteiger partial charge is 0.258 e. The van der Waals surface area contributed by atoms with Crippen molar-refractivity contribution in [2.75, 3.05) is 13.2 Å². The highest BCUT2D eigenvalue weighted by atomic mass is 16.5. The van der Waals surface area contributed by atoms with Crippen LogP contribution >= 0.6 is 0 Å². The molecule has 0 atom stereocenters. The fourth-order valence-electron chi connectivity index (χ4n) is 1.46. The third-order valence-electron chi connectivity index (χ3n) is 2.30. The highest BCUT2D eigenvalue weighted by Crippen LogP contribution is 2.15. The van der Waals surface area contributed by atoms with Crippen molar-refractivity contribution < 1.29 is 19.1 Å². The second-order valence-electron chi connectivity index (χ2n) is 4.44. The molecule has 1 aromatic rings. The molecule has 6 heteroatoms. The molecule has 0 heterocycles. The lowest BCUT2D eigenvalue weighted by Crippen LogP contribution is -2.41. The van der Waals surface area contributed by atoms with Gasteiger partial charge in [-0.15, -0.1) is 0 Å². The molecular weight excluding hydrogens is 260 g/mol. The minimum absolute atomic E-state index is 0.0233. The summed E-state index contributed by atoms with van der Waals surface area (Å²) >= 11 is 0. The molecule has 0 bridgehead atoms. The lowest BCUT2D eigenvalue weighted by Gasteiger charge is -2.10. The number of ether oxygens (including phenoxy) is 1. The first-order valence-corrected chi connectivity index (χ1v) is 6.26. The Bertz CT molecular complexity index is 486. The average Bonchev–Trinajstić information content (AvgIpc) is 2.42. The van der Waals surface area contributed by atoms with Crippen LogP contribution in [0.3, 0.4) is 0 Å². The van der Waals surface area contributed by atoms with Gasteiger partial charge in [0, 0.05) is 6.04 Å². The zero-order valence-corrected chi connectivity index (χ0v) is 11.5. The van der Waals surface area contributed by atoms with Gasteiger partial charge in [-0.2, -0.15) is 0 Å². The van der Waals surface area contributed by atoms with Crippen LogP contribution in [0.4, 0.5) is 0 Å². The van der Waals surface area contributed by atoms with Crippen molar-refractivity contribution in [1.29, 1.82) is 0 Å². The van der Waals surface area contributed by atoms with E-state index in [0.29, 0.717) is 17.6 Å². The number of hydrogen-bond donors (Lipinski definition) is 2. The van der Waals surface area contributed by atoms with E-state index < -0.39 is 5.91 Å². The quantitative estimate of drug-likeness (QED) is 0.712. The van der Waals surface area contributed by atoms with E-state index >= 15 is 0 Å². The van der Waals surface area contributed by atoms with E-state index in [-0.39, 0.29) is 25.1 Å². The molecule has 2 amide bonds. The fraction of sp³-hybridized carbons (Fsp3) is 0.357. The molecule has 6 nitrogen and oxygen atoms in total. The first kappa shape index (κ1) is 15.7. The van der Waals surface area contributed by atoms with Crippen LogP contribution in [0.2, 0.25) is 0 Å². The van der Waals surface area contributed by atoms with Crippen molar-refractivity contribution in [3.63, 3.8) is 0 Å². The number of rotatable bonds is 7. The Hall–Kier alpha value is -2.37. The molecule has 0 fully saturated rings. The Kier molecular flexibility index (Phi) is 6.22. The van der Waals surface area contributed by atoms with E-state index in [1.165, 1.54) is 0 Å². The van der Waals surface area contributed by atoms with E-state index in [9.17, 15) is 14.4 Å². The molecular formula is C14H18N2O4. The van der Waals surface area contributed by atoms with Crippen molar-refractivity contribution in [2.24, 2.45) is 0 Å². The predicted octanol–water partition coefficient (Wildman–Crippen LogP) is 0.519. The summed E-state index contributed by atoms with van der Waals surface area (Å²) in [6.07, 6.45) is 0.656. The number of carbonyl (C=O) groups excluding carboxylic acids is 3. The van der Waals surface area contributed by atoms with E-state index in [1.807, 2.05) is 13.8 Å². The summed E-state index contributed by atoms with van der Waals surface area (Å²) in [6.45, 7) is 3.31. The van der Waals surface area contributed by atoms with Crippen molar-refractivity contribution >= 4 is 18.1 Å². The molecule has 1 aromatic carbocycles. The number of benzene rings is 1. The van der Waals surface area contributed by atoms with Gasteiger partial charge in [0.2, 0.25) is 5.91 Å². The Balaban J connectivity index is 2.36. The monoisotopic (exact) mass is 278 g/mol. The van der Waals surface area contributed by atoms with Gasteiger partial charge in [-0.3, -0.25) is 14.4 Å².